The van der Waals surface area contributed by atoms with E-state index in [-0.39, 0.29) is 18.6 Å². The third-order valence-electron chi connectivity index (χ3n) is 2.87. The second-order valence-electron chi connectivity index (χ2n) is 4.28. The van der Waals surface area contributed by atoms with Crippen LogP contribution in [0.3, 0.4) is 0 Å². The second-order valence-corrected chi connectivity index (χ2v) is 4.28. The largest absolute Gasteiger partial charge is 0.481 e. The van der Waals surface area contributed by atoms with Gasteiger partial charge in [0.25, 0.3) is 0 Å². The van der Waals surface area contributed by atoms with Crippen LogP contribution in [0.2, 0.25) is 0 Å². The number of aliphatic carboxylic acids is 1. The highest BCUT2D eigenvalue weighted by molar-refractivity contribution is 5.67. The van der Waals surface area contributed by atoms with Gasteiger partial charge in [-0.05, 0) is 36.6 Å². The number of nitrogens with zero attached hydrogens (tertiary/aromatic N) is 4. The van der Waals surface area contributed by atoms with Gasteiger partial charge in [-0.2, -0.15) is 0 Å². The monoisotopic (exact) mass is 240 g/mol. The number of aromatic nitrogens is 4. The van der Waals surface area contributed by atoms with E-state index in [1.807, 2.05) is 0 Å². The van der Waals surface area contributed by atoms with Crippen molar-refractivity contribution in [2.45, 2.75) is 44.8 Å². The summed E-state index contributed by atoms with van der Waals surface area (Å²) in [5.74, 6) is -0.220. The van der Waals surface area contributed by atoms with Gasteiger partial charge in [-0.3, -0.25) is 4.79 Å². The van der Waals surface area contributed by atoms with Crippen LogP contribution in [0.4, 0.5) is 0 Å². The lowest BCUT2D eigenvalue weighted by Gasteiger charge is -2.22. The smallest absolute Gasteiger partial charge is 0.305 e. The molecule has 0 bridgehead atoms. The minimum Gasteiger partial charge on any atom is -0.481 e. The fraction of sp³-hybridized carbons (Fsp3) is 0.800. The zero-order valence-corrected chi connectivity index (χ0v) is 9.74. The van der Waals surface area contributed by atoms with Gasteiger partial charge in [0.05, 0.1) is 12.5 Å². The van der Waals surface area contributed by atoms with E-state index in [9.17, 15) is 4.79 Å². The lowest BCUT2D eigenvalue weighted by Crippen LogP contribution is -2.20. The van der Waals surface area contributed by atoms with Crippen LogP contribution in [0.5, 0.6) is 0 Å². The van der Waals surface area contributed by atoms with Gasteiger partial charge in [-0.25, -0.2) is 4.68 Å². The van der Waals surface area contributed by atoms with E-state index in [1.165, 1.54) is 0 Å². The zero-order valence-electron chi connectivity index (χ0n) is 9.74. The zero-order chi connectivity index (χ0) is 12.3. The van der Waals surface area contributed by atoms with E-state index in [0.717, 1.165) is 19.3 Å². The number of hydrogen-bond donors (Lipinski definition) is 1. The van der Waals surface area contributed by atoms with Gasteiger partial charge < -0.3 is 9.84 Å². The summed E-state index contributed by atoms with van der Waals surface area (Å²) in [7, 11) is 0. The van der Waals surface area contributed by atoms with Crippen LogP contribution in [0.1, 0.15) is 50.6 Å². The molecule has 1 fully saturated rings. The third-order valence-corrected chi connectivity index (χ3v) is 2.87. The molecule has 17 heavy (non-hydrogen) atoms. The van der Waals surface area contributed by atoms with E-state index in [4.69, 9.17) is 9.84 Å². The van der Waals surface area contributed by atoms with E-state index < -0.39 is 5.97 Å². The number of rotatable bonds is 4. The molecular formula is C10H16N4O3. The molecule has 0 aliphatic carbocycles. The van der Waals surface area contributed by atoms with Crippen molar-refractivity contribution in [3.8, 4) is 0 Å². The summed E-state index contributed by atoms with van der Waals surface area (Å²) in [6.07, 6.45) is 2.94. The van der Waals surface area contributed by atoms with Gasteiger partial charge in [0.2, 0.25) is 0 Å². The van der Waals surface area contributed by atoms with E-state index >= 15 is 0 Å². The predicted molar refractivity (Wildman–Crippen MR) is 57.3 cm³/mol. The summed E-state index contributed by atoms with van der Waals surface area (Å²) in [4.78, 5) is 10.7. The average Bonchev–Trinajstić information content (AvgIpc) is 2.78. The molecule has 94 valence electrons. The van der Waals surface area contributed by atoms with Gasteiger partial charge in [0.15, 0.2) is 5.82 Å². The molecule has 7 heteroatoms. The molecule has 1 N–H and O–H groups in total. The molecule has 7 nitrogen and oxygen atoms in total. The maximum absolute atomic E-state index is 10.7. The van der Waals surface area contributed by atoms with Crippen molar-refractivity contribution in [2.24, 2.45) is 0 Å². The number of tetrazole rings is 1. The van der Waals surface area contributed by atoms with Crippen LogP contribution in [0.15, 0.2) is 0 Å². The van der Waals surface area contributed by atoms with Crippen molar-refractivity contribution >= 4 is 5.97 Å². The molecule has 2 unspecified atom stereocenters. The van der Waals surface area contributed by atoms with Gasteiger partial charge in [-0.15, -0.1) is 5.10 Å². The first-order chi connectivity index (χ1) is 8.18. The van der Waals surface area contributed by atoms with Gasteiger partial charge >= 0.3 is 5.97 Å². The second kappa shape index (κ2) is 5.22. The Morgan fingerprint density at radius 2 is 2.47 bits per heavy atom. The summed E-state index contributed by atoms with van der Waals surface area (Å²) in [6.45, 7) is 2.50. The van der Waals surface area contributed by atoms with Gasteiger partial charge in [-0.1, -0.05) is 0 Å². The van der Waals surface area contributed by atoms with Crippen LogP contribution < -0.4 is 0 Å². The first-order valence-corrected chi connectivity index (χ1v) is 5.79. The number of carbonyl (C=O) groups is 1. The van der Waals surface area contributed by atoms with Crippen molar-refractivity contribution in [3.05, 3.63) is 5.82 Å². The van der Waals surface area contributed by atoms with Crippen LogP contribution in [0.25, 0.3) is 0 Å². The first-order valence-electron chi connectivity index (χ1n) is 5.79. The lowest BCUT2D eigenvalue weighted by atomic mass is 10.1. The number of ether oxygens (including phenoxy) is 1. The summed E-state index contributed by atoms with van der Waals surface area (Å²) in [6, 6.07) is -0.261. The number of carboxylic acids is 1. The maximum atomic E-state index is 10.7. The number of carboxylic acid groups (broad SMARTS) is 1. The topological polar surface area (TPSA) is 90.1 Å². The summed E-state index contributed by atoms with van der Waals surface area (Å²) in [5, 5.41) is 20.2. The Morgan fingerprint density at radius 3 is 3.12 bits per heavy atom. The van der Waals surface area contributed by atoms with Crippen LogP contribution in [0, 0.1) is 0 Å². The molecule has 2 heterocycles. The molecule has 1 aromatic rings. The van der Waals surface area contributed by atoms with Crippen LogP contribution in [-0.2, 0) is 9.53 Å². The van der Waals surface area contributed by atoms with Gasteiger partial charge in [0.1, 0.15) is 6.10 Å². The van der Waals surface area contributed by atoms with Crippen LogP contribution in [-0.4, -0.2) is 37.9 Å². The normalized spacial score (nSPS) is 22.3. The minimum absolute atomic E-state index is 0.00472. The Balaban J connectivity index is 2.12. The molecule has 1 aliphatic heterocycles. The van der Waals surface area contributed by atoms with Crippen molar-refractivity contribution in [1.29, 1.82) is 0 Å². The standard InChI is InChI=1S/C10H16N4O3/c1-7(6-9(15)16)14-10(11-12-13-14)8-4-2-3-5-17-8/h7-8H,2-6H2,1H3,(H,15,16). The summed E-state index contributed by atoms with van der Waals surface area (Å²) < 4.78 is 7.17. The molecule has 1 saturated heterocycles. The fourth-order valence-corrected chi connectivity index (χ4v) is 2.01. The van der Waals surface area contributed by atoms with Gasteiger partial charge in [0, 0.05) is 6.61 Å². The molecule has 1 aliphatic rings. The van der Waals surface area contributed by atoms with Crippen LogP contribution >= 0.6 is 0 Å². The molecule has 0 spiro atoms. The molecule has 0 amide bonds. The Morgan fingerprint density at radius 1 is 1.65 bits per heavy atom. The predicted octanol–water partition coefficient (Wildman–Crippen LogP) is 0.950. The average molecular weight is 240 g/mol. The van der Waals surface area contributed by atoms with Crippen molar-refractivity contribution in [2.75, 3.05) is 6.61 Å². The first kappa shape index (κ1) is 12.0. The Bertz CT molecular complexity index is 387. The SMILES string of the molecule is CC(CC(=O)O)n1nnnc1C1CCCCO1. The van der Waals surface area contributed by atoms with Crippen molar-refractivity contribution < 1.29 is 14.6 Å². The quantitative estimate of drug-likeness (QED) is 0.842. The molecule has 0 radical (unpaired) electrons. The van der Waals surface area contributed by atoms with E-state index in [1.54, 1.807) is 11.6 Å². The lowest BCUT2D eigenvalue weighted by molar-refractivity contribution is -0.137. The summed E-state index contributed by atoms with van der Waals surface area (Å²) in [5.41, 5.74) is 0. The maximum Gasteiger partial charge on any atom is 0.305 e. The highest BCUT2D eigenvalue weighted by Crippen LogP contribution is 2.27. The highest BCUT2D eigenvalue weighted by atomic mass is 16.5. The molecule has 1 aromatic heterocycles. The van der Waals surface area contributed by atoms with E-state index in [2.05, 4.69) is 15.5 Å². The third kappa shape index (κ3) is 2.79. The minimum atomic E-state index is -0.858. The Hall–Kier alpha value is -1.50. The van der Waals surface area contributed by atoms with Crippen molar-refractivity contribution in [3.63, 3.8) is 0 Å². The molecule has 0 aromatic carbocycles. The molecule has 2 rings (SSSR count). The van der Waals surface area contributed by atoms with E-state index in [0.29, 0.717) is 12.4 Å². The number of hydrogen-bond acceptors (Lipinski definition) is 5. The van der Waals surface area contributed by atoms with Crippen molar-refractivity contribution in [1.82, 2.24) is 20.2 Å². The highest BCUT2D eigenvalue weighted by Gasteiger charge is 2.25. The fourth-order valence-electron chi connectivity index (χ4n) is 2.01. The molecule has 2 atom stereocenters. The Labute approximate surface area is 98.8 Å². The Kier molecular flexibility index (Phi) is 3.68. The summed E-state index contributed by atoms with van der Waals surface area (Å²) >= 11 is 0. The molecular weight excluding hydrogens is 224 g/mol. The molecule has 0 saturated carbocycles.